The lowest BCUT2D eigenvalue weighted by atomic mass is 10.1. The van der Waals surface area contributed by atoms with Gasteiger partial charge in [-0.3, -0.25) is 4.79 Å². The molecule has 114 valence electrons. The summed E-state index contributed by atoms with van der Waals surface area (Å²) < 4.78 is 5.11. The van der Waals surface area contributed by atoms with E-state index in [1.165, 1.54) is 4.90 Å². The summed E-state index contributed by atoms with van der Waals surface area (Å²) >= 11 is 12.0. The fourth-order valence-electron chi connectivity index (χ4n) is 2.23. The van der Waals surface area contributed by atoms with Crippen molar-refractivity contribution >= 4 is 35.1 Å². The lowest BCUT2D eigenvalue weighted by molar-refractivity contribution is -0.158. The van der Waals surface area contributed by atoms with Crippen LogP contribution in [0.25, 0.3) is 0 Å². The highest BCUT2D eigenvalue weighted by atomic mass is 35.5. The average Bonchev–Trinajstić information content (AvgIpc) is 2.48. The van der Waals surface area contributed by atoms with Crippen LogP contribution in [-0.2, 0) is 20.7 Å². The monoisotopic (exact) mass is 331 g/mol. The number of morpholine rings is 1. The van der Waals surface area contributed by atoms with Crippen molar-refractivity contribution in [3.05, 3.63) is 33.8 Å². The number of hydrogen-bond acceptors (Lipinski definition) is 3. The Balaban J connectivity index is 2.00. The maximum atomic E-state index is 12.2. The van der Waals surface area contributed by atoms with Crippen LogP contribution >= 0.6 is 23.2 Å². The van der Waals surface area contributed by atoms with Gasteiger partial charge in [0.15, 0.2) is 6.04 Å². The molecule has 0 aromatic heterocycles. The summed E-state index contributed by atoms with van der Waals surface area (Å²) in [6.45, 7) is 0.672. The molecule has 0 radical (unpaired) electrons. The SMILES string of the molecule is O=C(O)[C@H]1COCCN1C(=O)CCc1cccc(Cl)c1Cl. The van der Waals surface area contributed by atoms with Crippen LogP contribution in [0.2, 0.25) is 10.0 Å². The van der Waals surface area contributed by atoms with E-state index in [1.807, 2.05) is 0 Å². The second-order valence-electron chi connectivity index (χ2n) is 4.73. The van der Waals surface area contributed by atoms with E-state index < -0.39 is 12.0 Å². The number of halogens is 2. The van der Waals surface area contributed by atoms with Gasteiger partial charge in [-0.25, -0.2) is 4.79 Å². The number of rotatable bonds is 4. The predicted octanol–water partition coefficient (Wildman–Crippen LogP) is 2.24. The Bertz CT molecular complexity index is 550. The molecule has 1 atom stereocenters. The lowest BCUT2D eigenvalue weighted by Gasteiger charge is -2.33. The normalized spacial score (nSPS) is 18.6. The summed E-state index contributed by atoms with van der Waals surface area (Å²) in [7, 11) is 0. The fraction of sp³-hybridized carbons (Fsp3) is 0.429. The van der Waals surface area contributed by atoms with Gasteiger partial charge in [-0.05, 0) is 18.1 Å². The molecule has 1 fully saturated rings. The summed E-state index contributed by atoms with van der Waals surface area (Å²) in [6, 6.07) is 4.33. The van der Waals surface area contributed by atoms with Crippen molar-refractivity contribution in [2.24, 2.45) is 0 Å². The van der Waals surface area contributed by atoms with Crippen molar-refractivity contribution in [1.82, 2.24) is 4.90 Å². The first-order valence-corrected chi connectivity index (χ1v) is 7.29. The van der Waals surface area contributed by atoms with Crippen molar-refractivity contribution in [3.8, 4) is 0 Å². The van der Waals surface area contributed by atoms with E-state index in [4.69, 9.17) is 33.0 Å². The number of aliphatic carboxylic acids is 1. The number of benzene rings is 1. The molecule has 0 spiro atoms. The number of carboxylic acids is 1. The zero-order chi connectivity index (χ0) is 15.4. The van der Waals surface area contributed by atoms with Gasteiger partial charge in [-0.15, -0.1) is 0 Å². The first-order valence-electron chi connectivity index (χ1n) is 6.53. The molecule has 1 amide bonds. The summed E-state index contributed by atoms with van der Waals surface area (Å²) in [5.41, 5.74) is 0.776. The highest BCUT2D eigenvalue weighted by Crippen LogP contribution is 2.26. The Morgan fingerprint density at radius 3 is 2.86 bits per heavy atom. The number of hydrogen-bond donors (Lipinski definition) is 1. The summed E-state index contributed by atoms with van der Waals surface area (Å²) in [5.74, 6) is -1.27. The largest absolute Gasteiger partial charge is 0.480 e. The molecule has 7 heteroatoms. The Morgan fingerprint density at radius 1 is 1.38 bits per heavy atom. The Morgan fingerprint density at radius 2 is 2.14 bits per heavy atom. The average molecular weight is 332 g/mol. The van der Waals surface area contributed by atoms with E-state index in [2.05, 4.69) is 0 Å². The molecule has 0 saturated carbocycles. The number of carbonyl (C=O) groups is 2. The first kappa shape index (κ1) is 16.1. The van der Waals surface area contributed by atoms with Crippen molar-refractivity contribution in [2.75, 3.05) is 19.8 Å². The van der Waals surface area contributed by atoms with Crippen LogP contribution in [0.5, 0.6) is 0 Å². The highest BCUT2D eigenvalue weighted by Gasteiger charge is 2.32. The topological polar surface area (TPSA) is 66.8 Å². The van der Waals surface area contributed by atoms with E-state index in [1.54, 1.807) is 18.2 Å². The van der Waals surface area contributed by atoms with E-state index in [0.717, 1.165) is 5.56 Å². The zero-order valence-electron chi connectivity index (χ0n) is 11.2. The predicted molar refractivity (Wildman–Crippen MR) is 78.7 cm³/mol. The molecule has 1 aliphatic heterocycles. The second-order valence-corrected chi connectivity index (χ2v) is 5.51. The van der Waals surface area contributed by atoms with Crippen LogP contribution in [0.4, 0.5) is 0 Å². The quantitative estimate of drug-likeness (QED) is 0.918. The minimum Gasteiger partial charge on any atom is -0.480 e. The van der Waals surface area contributed by atoms with Gasteiger partial charge < -0.3 is 14.7 Å². The molecule has 21 heavy (non-hydrogen) atoms. The van der Waals surface area contributed by atoms with Crippen molar-refractivity contribution in [2.45, 2.75) is 18.9 Å². The number of amides is 1. The van der Waals surface area contributed by atoms with Crippen molar-refractivity contribution < 1.29 is 19.4 Å². The smallest absolute Gasteiger partial charge is 0.328 e. The van der Waals surface area contributed by atoms with Crippen molar-refractivity contribution in [1.29, 1.82) is 0 Å². The summed E-state index contributed by atoms with van der Waals surface area (Å²) in [4.78, 5) is 24.7. The van der Waals surface area contributed by atoms with Gasteiger partial charge in [-0.2, -0.15) is 0 Å². The number of carboxylic acid groups (broad SMARTS) is 1. The molecule has 2 rings (SSSR count). The zero-order valence-corrected chi connectivity index (χ0v) is 12.7. The standard InChI is InChI=1S/C14H15Cl2NO4/c15-10-3-1-2-9(13(10)16)4-5-12(18)17-6-7-21-8-11(17)14(19)20/h1-3,11H,4-8H2,(H,19,20)/t11-/m1/s1. The minimum atomic E-state index is -1.05. The van der Waals surface area contributed by atoms with Gasteiger partial charge in [0.25, 0.3) is 0 Å². The van der Waals surface area contributed by atoms with Crippen LogP contribution in [0.1, 0.15) is 12.0 Å². The fourth-order valence-corrected chi connectivity index (χ4v) is 2.65. The van der Waals surface area contributed by atoms with Gasteiger partial charge in [-0.1, -0.05) is 35.3 Å². The Labute approximate surface area is 132 Å². The molecule has 0 bridgehead atoms. The van der Waals surface area contributed by atoms with Gasteiger partial charge in [0.2, 0.25) is 5.91 Å². The molecule has 1 aromatic rings. The third kappa shape index (κ3) is 3.87. The summed E-state index contributed by atoms with van der Waals surface area (Å²) in [5, 5.41) is 9.99. The number of nitrogens with zero attached hydrogens (tertiary/aromatic N) is 1. The molecule has 1 aromatic carbocycles. The maximum Gasteiger partial charge on any atom is 0.328 e. The molecule has 5 nitrogen and oxygen atoms in total. The van der Waals surface area contributed by atoms with E-state index in [9.17, 15) is 9.59 Å². The Kier molecular flexibility index (Phi) is 5.45. The molecule has 1 N–H and O–H groups in total. The second kappa shape index (κ2) is 7.11. The molecule has 1 heterocycles. The van der Waals surface area contributed by atoms with Crippen LogP contribution < -0.4 is 0 Å². The van der Waals surface area contributed by atoms with E-state index in [-0.39, 0.29) is 18.9 Å². The number of carbonyl (C=O) groups excluding carboxylic acids is 1. The third-order valence-corrected chi connectivity index (χ3v) is 4.23. The van der Waals surface area contributed by atoms with Crippen LogP contribution in [-0.4, -0.2) is 47.7 Å². The molecular weight excluding hydrogens is 317 g/mol. The third-order valence-electron chi connectivity index (χ3n) is 3.37. The molecule has 0 unspecified atom stereocenters. The van der Waals surface area contributed by atoms with E-state index in [0.29, 0.717) is 29.6 Å². The first-order chi connectivity index (χ1) is 10.0. The van der Waals surface area contributed by atoms with Gasteiger partial charge in [0.1, 0.15) is 0 Å². The highest BCUT2D eigenvalue weighted by molar-refractivity contribution is 6.42. The van der Waals surface area contributed by atoms with Gasteiger partial charge >= 0.3 is 5.97 Å². The van der Waals surface area contributed by atoms with E-state index >= 15 is 0 Å². The lowest BCUT2D eigenvalue weighted by Crippen LogP contribution is -2.52. The molecule has 0 aliphatic carbocycles. The number of aryl methyl sites for hydroxylation is 1. The van der Waals surface area contributed by atoms with Crippen LogP contribution in [0, 0.1) is 0 Å². The minimum absolute atomic E-state index is 0.0268. The summed E-state index contributed by atoms with van der Waals surface area (Å²) in [6.07, 6.45) is 0.603. The Hall–Kier alpha value is -1.30. The van der Waals surface area contributed by atoms with Crippen molar-refractivity contribution in [3.63, 3.8) is 0 Å². The van der Waals surface area contributed by atoms with Gasteiger partial charge in [0, 0.05) is 13.0 Å². The van der Waals surface area contributed by atoms with Crippen LogP contribution in [0.3, 0.4) is 0 Å². The number of ether oxygens (including phenoxy) is 1. The van der Waals surface area contributed by atoms with Crippen LogP contribution in [0.15, 0.2) is 18.2 Å². The molecule has 1 aliphatic rings. The molecular formula is C14H15Cl2NO4. The maximum absolute atomic E-state index is 12.2. The molecule has 1 saturated heterocycles. The van der Waals surface area contributed by atoms with Gasteiger partial charge in [0.05, 0.1) is 23.3 Å².